The Kier molecular flexibility index (Phi) is 5.97. The van der Waals surface area contributed by atoms with Gasteiger partial charge in [-0.3, -0.25) is 14.9 Å². The number of nitrogens with one attached hydrogen (secondary N) is 1. The van der Waals surface area contributed by atoms with E-state index in [1.54, 1.807) is 12.1 Å². The van der Waals surface area contributed by atoms with Gasteiger partial charge in [-0.1, -0.05) is 0 Å². The number of benzene rings is 1. The quantitative estimate of drug-likeness (QED) is 0.456. The summed E-state index contributed by atoms with van der Waals surface area (Å²) in [7, 11) is 0. The van der Waals surface area contributed by atoms with Gasteiger partial charge in [0.15, 0.2) is 0 Å². The molecule has 7 heteroatoms. The number of thioether (sulfide) groups is 1. The number of carbonyl (C=O) groups excluding carboxylic acids is 1. The van der Waals surface area contributed by atoms with Crippen molar-refractivity contribution in [1.29, 1.82) is 0 Å². The maximum absolute atomic E-state index is 11.8. The maximum atomic E-state index is 11.8. The van der Waals surface area contributed by atoms with Gasteiger partial charge >= 0.3 is 0 Å². The molecule has 0 saturated heterocycles. The molecule has 0 aromatic heterocycles. The van der Waals surface area contributed by atoms with E-state index in [2.05, 4.69) is 5.32 Å². The van der Waals surface area contributed by atoms with Crippen LogP contribution in [0.15, 0.2) is 29.2 Å². The number of rotatable bonds is 7. The molecule has 0 radical (unpaired) electrons. The number of nitro groups is 1. The van der Waals surface area contributed by atoms with Crippen molar-refractivity contribution in [2.75, 3.05) is 12.4 Å². The molecule has 1 amide bonds. The fourth-order valence-corrected chi connectivity index (χ4v) is 2.27. The van der Waals surface area contributed by atoms with Crippen LogP contribution in [0.25, 0.3) is 0 Å². The molecule has 0 heterocycles. The van der Waals surface area contributed by atoms with Crippen molar-refractivity contribution in [3.63, 3.8) is 0 Å². The third-order valence-electron chi connectivity index (χ3n) is 2.63. The highest BCUT2D eigenvalue weighted by atomic mass is 32.2. The molecule has 2 N–H and O–H groups in total. The third-order valence-corrected chi connectivity index (χ3v) is 3.64. The first-order chi connectivity index (χ1) is 9.34. The molecule has 0 aliphatic heterocycles. The molecule has 20 heavy (non-hydrogen) atoms. The number of nitro benzene ring substituents is 1. The first-order valence-corrected chi connectivity index (χ1v) is 7.12. The summed E-state index contributed by atoms with van der Waals surface area (Å²) in [5.74, 6) is 0.0962. The lowest BCUT2D eigenvalue weighted by Crippen LogP contribution is -2.44. The fourth-order valence-electron chi connectivity index (χ4n) is 1.57. The van der Waals surface area contributed by atoms with Gasteiger partial charge < -0.3 is 10.4 Å². The molecule has 0 aliphatic carbocycles. The van der Waals surface area contributed by atoms with Gasteiger partial charge in [-0.05, 0) is 32.4 Å². The second-order valence-electron chi connectivity index (χ2n) is 4.95. The van der Waals surface area contributed by atoms with E-state index in [9.17, 15) is 14.9 Å². The van der Waals surface area contributed by atoms with E-state index in [0.717, 1.165) is 4.90 Å². The first kappa shape index (κ1) is 16.5. The van der Waals surface area contributed by atoms with Gasteiger partial charge in [0, 0.05) is 29.2 Å². The zero-order valence-electron chi connectivity index (χ0n) is 11.5. The van der Waals surface area contributed by atoms with Gasteiger partial charge in [-0.25, -0.2) is 0 Å². The number of aliphatic hydroxyl groups is 1. The second-order valence-corrected chi connectivity index (χ2v) is 5.99. The highest BCUT2D eigenvalue weighted by Crippen LogP contribution is 2.21. The second kappa shape index (κ2) is 7.25. The van der Waals surface area contributed by atoms with Crippen LogP contribution < -0.4 is 5.32 Å². The SMILES string of the molecule is CC(C)(CCO)NC(=O)CSc1ccc([N+](=O)[O-])cc1. The predicted octanol–water partition coefficient (Wildman–Crippen LogP) is 1.96. The number of aliphatic hydroxyl groups excluding tert-OH is 1. The molecular weight excluding hydrogens is 280 g/mol. The maximum Gasteiger partial charge on any atom is 0.269 e. The topological polar surface area (TPSA) is 92.5 Å². The summed E-state index contributed by atoms with van der Waals surface area (Å²) < 4.78 is 0. The van der Waals surface area contributed by atoms with Crippen LogP contribution in [0.2, 0.25) is 0 Å². The fraction of sp³-hybridized carbons (Fsp3) is 0.462. The van der Waals surface area contributed by atoms with Crippen LogP contribution in [-0.4, -0.2) is 33.8 Å². The molecule has 0 fully saturated rings. The lowest BCUT2D eigenvalue weighted by molar-refractivity contribution is -0.384. The summed E-state index contributed by atoms with van der Waals surface area (Å²) in [5, 5.41) is 22.2. The summed E-state index contributed by atoms with van der Waals surface area (Å²) in [6.45, 7) is 3.71. The Labute approximate surface area is 121 Å². The van der Waals surface area contributed by atoms with E-state index in [1.807, 2.05) is 13.8 Å². The highest BCUT2D eigenvalue weighted by Gasteiger charge is 2.19. The van der Waals surface area contributed by atoms with Crippen molar-refractivity contribution < 1.29 is 14.8 Å². The standard InChI is InChI=1S/C13H18N2O4S/c1-13(2,7-8-16)14-12(17)9-20-11-5-3-10(4-6-11)15(18)19/h3-6,16H,7-9H2,1-2H3,(H,14,17). The van der Waals surface area contributed by atoms with Gasteiger partial charge in [-0.15, -0.1) is 11.8 Å². The van der Waals surface area contributed by atoms with Gasteiger partial charge in [0.2, 0.25) is 5.91 Å². The zero-order valence-corrected chi connectivity index (χ0v) is 12.3. The van der Waals surface area contributed by atoms with E-state index in [-0.39, 0.29) is 24.0 Å². The molecule has 0 spiro atoms. The lowest BCUT2D eigenvalue weighted by atomic mass is 10.0. The number of hydrogen-bond acceptors (Lipinski definition) is 5. The highest BCUT2D eigenvalue weighted by molar-refractivity contribution is 8.00. The molecule has 0 saturated carbocycles. The summed E-state index contributed by atoms with van der Waals surface area (Å²) in [6, 6.07) is 6.07. The summed E-state index contributed by atoms with van der Waals surface area (Å²) >= 11 is 1.31. The van der Waals surface area contributed by atoms with Crippen LogP contribution in [0.5, 0.6) is 0 Å². The molecule has 0 bridgehead atoms. The molecule has 0 atom stereocenters. The Balaban J connectivity index is 2.46. The average Bonchev–Trinajstić information content (AvgIpc) is 2.36. The lowest BCUT2D eigenvalue weighted by Gasteiger charge is -2.25. The van der Waals surface area contributed by atoms with E-state index in [4.69, 9.17) is 5.11 Å². The van der Waals surface area contributed by atoms with Gasteiger partial charge in [0.05, 0.1) is 10.7 Å². The Morgan fingerprint density at radius 1 is 1.40 bits per heavy atom. The first-order valence-electron chi connectivity index (χ1n) is 6.13. The number of non-ortho nitro benzene ring substituents is 1. The minimum absolute atomic E-state index is 0.0166. The molecule has 0 aliphatic rings. The van der Waals surface area contributed by atoms with Crippen LogP contribution >= 0.6 is 11.8 Å². The molecule has 110 valence electrons. The number of hydrogen-bond donors (Lipinski definition) is 2. The number of nitrogens with zero attached hydrogens (tertiary/aromatic N) is 1. The number of carbonyl (C=O) groups is 1. The minimum Gasteiger partial charge on any atom is -0.396 e. The zero-order chi connectivity index (χ0) is 15.2. The minimum atomic E-state index is -0.460. The Morgan fingerprint density at radius 2 is 2.00 bits per heavy atom. The molecular formula is C13H18N2O4S. The summed E-state index contributed by atoms with van der Waals surface area (Å²) in [6.07, 6.45) is 0.487. The molecule has 1 rings (SSSR count). The van der Waals surface area contributed by atoms with E-state index >= 15 is 0 Å². The molecule has 1 aromatic rings. The van der Waals surface area contributed by atoms with E-state index < -0.39 is 10.5 Å². The molecule has 6 nitrogen and oxygen atoms in total. The average molecular weight is 298 g/mol. The van der Waals surface area contributed by atoms with Gasteiger partial charge in [-0.2, -0.15) is 0 Å². The summed E-state index contributed by atoms with van der Waals surface area (Å²) in [4.78, 5) is 22.6. The third kappa shape index (κ3) is 5.58. The van der Waals surface area contributed by atoms with E-state index in [0.29, 0.717) is 6.42 Å². The number of amides is 1. The van der Waals surface area contributed by atoms with Crippen LogP contribution in [0.3, 0.4) is 0 Å². The van der Waals surface area contributed by atoms with Crippen LogP contribution in [-0.2, 0) is 4.79 Å². The van der Waals surface area contributed by atoms with E-state index in [1.165, 1.54) is 23.9 Å². The Morgan fingerprint density at radius 3 is 2.50 bits per heavy atom. The monoisotopic (exact) mass is 298 g/mol. The van der Waals surface area contributed by atoms with Crippen LogP contribution in [0, 0.1) is 10.1 Å². The smallest absolute Gasteiger partial charge is 0.269 e. The van der Waals surface area contributed by atoms with Crippen LogP contribution in [0.4, 0.5) is 5.69 Å². The summed E-state index contributed by atoms with van der Waals surface area (Å²) in [5.41, 5.74) is -0.412. The van der Waals surface area contributed by atoms with Crippen molar-refractivity contribution in [2.45, 2.75) is 30.7 Å². The van der Waals surface area contributed by atoms with Crippen molar-refractivity contribution in [3.8, 4) is 0 Å². The molecule has 1 aromatic carbocycles. The Bertz CT molecular complexity index is 474. The van der Waals surface area contributed by atoms with Crippen molar-refractivity contribution in [3.05, 3.63) is 34.4 Å². The van der Waals surface area contributed by atoms with Crippen LogP contribution in [0.1, 0.15) is 20.3 Å². The molecule has 0 unspecified atom stereocenters. The normalized spacial score (nSPS) is 11.2. The predicted molar refractivity (Wildman–Crippen MR) is 77.7 cm³/mol. The van der Waals surface area contributed by atoms with Gasteiger partial charge in [0.1, 0.15) is 0 Å². The van der Waals surface area contributed by atoms with Gasteiger partial charge in [0.25, 0.3) is 5.69 Å². The van der Waals surface area contributed by atoms with Crippen molar-refractivity contribution in [1.82, 2.24) is 5.32 Å². The largest absolute Gasteiger partial charge is 0.396 e. The van der Waals surface area contributed by atoms with Crippen molar-refractivity contribution >= 4 is 23.4 Å². The van der Waals surface area contributed by atoms with Crippen molar-refractivity contribution in [2.24, 2.45) is 0 Å². The Hall–Kier alpha value is -1.60.